The molecule has 0 amide bonds. The van der Waals surface area contributed by atoms with Gasteiger partial charge in [-0.3, -0.25) is 0 Å². The summed E-state index contributed by atoms with van der Waals surface area (Å²) in [5, 5.41) is 13.0. The Kier molecular flexibility index (Phi) is 6.39. The van der Waals surface area contributed by atoms with Gasteiger partial charge in [-0.05, 0) is 35.6 Å². The minimum Gasteiger partial charge on any atom is -0.489 e. The van der Waals surface area contributed by atoms with Gasteiger partial charge in [-0.2, -0.15) is 5.26 Å². The zero-order valence-electron chi connectivity index (χ0n) is 14.3. The third kappa shape index (κ3) is 4.36. The van der Waals surface area contributed by atoms with Crippen LogP contribution >= 0.6 is 0 Å². The molecule has 0 aliphatic carbocycles. The molecule has 24 heavy (non-hydrogen) atoms. The number of oxime groups is 1. The lowest BCUT2D eigenvalue weighted by Gasteiger charge is -2.12. The predicted molar refractivity (Wildman–Crippen MR) is 95.1 cm³/mol. The first-order valence-electron chi connectivity index (χ1n) is 8.01. The second-order valence-corrected chi connectivity index (χ2v) is 5.56. The van der Waals surface area contributed by atoms with Crippen LogP contribution in [0.2, 0.25) is 0 Å². The van der Waals surface area contributed by atoms with Crippen LogP contribution in [-0.4, -0.2) is 12.8 Å². The van der Waals surface area contributed by atoms with E-state index in [2.05, 4.69) is 37.2 Å². The van der Waals surface area contributed by atoms with Crippen molar-refractivity contribution >= 4 is 5.71 Å². The van der Waals surface area contributed by atoms with Crippen LogP contribution in [0.25, 0.3) is 0 Å². The van der Waals surface area contributed by atoms with Gasteiger partial charge in [-0.1, -0.05) is 55.4 Å². The van der Waals surface area contributed by atoms with Gasteiger partial charge >= 0.3 is 0 Å². The Morgan fingerprint density at radius 3 is 2.50 bits per heavy atom. The largest absolute Gasteiger partial charge is 0.489 e. The second kappa shape index (κ2) is 8.73. The molecule has 0 aliphatic rings. The lowest BCUT2D eigenvalue weighted by atomic mass is 9.99. The standard InChI is InChI=1S/C20H22N2O2/c1-4-15(2)16-9-11-18(12-10-16)24-14-17-7-5-6-8-19(17)20(13-21)22-23-3/h5-12,15H,4,14H2,1-3H3/b22-20-. The van der Waals surface area contributed by atoms with Crippen molar-refractivity contribution < 1.29 is 9.57 Å². The summed E-state index contributed by atoms with van der Waals surface area (Å²) in [6, 6.07) is 17.8. The molecule has 1 atom stereocenters. The Labute approximate surface area is 143 Å². The molecule has 0 radical (unpaired) electrons. The first-order chi connectivity index (χ1) is 11.7. The fourth-order valence-electron chi connectivity index (χ4n) is 2.39. The summed E-state index contributed by atoms with van der Waals surface area (Å²) >= 11 is 0. The Morgan fingerprint density at radius 1 is 1.17 bits per heavy atom. The van der Waals surface area contributed by atoms with Crippen LogP contribution < -0.4 is 4.74 Å². The molecule has 2 aromatic rings. The lowest BCUT2D eigenvalue weighted by Crippen LogP contribution is -2.06. The second-order valence-electron chi connectivity index (χ2n) is 5.56. The predicted octanol–water partition coefficient (Wildman–Crippen LogP) is 4.65. The van der Waals surface area contributed by atoms with Crippen LogP contribution in [0.15, 0.2) is 53.7 Å². The number of hydrogen-bond donors (Lipinski definition) is 0. The maximum atomic E-state index is 9.22. The molecule has 1 unspecified atom stereocenters. The van der Waals surface area contributed by atoms with Crippen LogP contribution in [0, 0.1) is 11.3 Å². The normalized spacial score (nSPS) is 12.3. The fourth-order valence-corrected chi connectivity index (χ4v) is 2.39. The summed E-state index contributed by atoms with van der Waals surface area (Å²) in [5.74, 6) is 1.35. The highest BCUT2D eigenvalue weighted by Gasteiger charge is 2.10. The summed E-state index contributed by atoms with van der Waals surface area (Å²) in [5.41, 5.74) is 3.16. The van der Waals surface area contributed by atoms with Gasteiger partial charge in [-0.25, -0.2) is 0 Å². The molecule has 4 nitrogen and oxygen atoms in total. The molecule has 0 saturated heterocycles. The molecule has 0 heterocycles. The molecule has 0 N–H and O–H groups in total. The van der Waals surface area contributed by atoms with Gasteiger partial charge in [-0.15, -0.1) is 0 Å². The van der Waals surface area contributed by atoms with Crippen LogP contribution in [0.3, 0.4) is 0 Å². The summed E-state index contributed by atoms with van der Waals surface area (Å²) in [6.45, 7) is 4.76. The number of hydrogen-bond acceptors (Lipinski definition) is 4. The monoisotopic (exact) mass is 322 g/mol. The van der Waals surface area contributed by atoms with E-state index in [1.54, 1.807) is 0 Å². The zero-order chi connectivity index (χ0) is 17.4. The SMILES string of the molecule is CCC(C)c1ccc(OCc2ccccc2/C(C#N)=N\OC)cc1. The molecular weight excluding hydrogens is 300 g/mol. The number of ether oxygens (including phenoxy) is 1. The third-order valence-electron chi connectivity index (χ3n) is 4.02. The molecule has 124 valence electrons. The average Bonchev–Trinajstić information content (AvgIpc) is 2.64. The lowest BCUT2D eigenvalue weighted by molar-refractivity contribution is 0.214. The van der Waals surface area contributed by atoms with Crippen LogP contribution in [0.5, 0.6) is 5.75 Å². The quantitative estimate of drug-likeness (QED) is 0.550. The van der Waals surface area contributed by atoms with E-state index in [0.717, 1.165) is 23.3 Å². The van der Waals surface area contributed by atoms with E-state index < -0.39 is 0 Å². The van der Waals surface area contributed by atoms with E-state index in [9.17, 15) is 5.26 Å². The molecule has 4 heteroatoms. The fraction of sp³-hybridized carbons (Fsp3) is 0.300. The molecule has 0 aromatic heterocycles. The van der Waals surface area contributed by atoms with Gasteiger partial charge in [0.05, 0.1) is 0 Å². The van der Waals surface area contributed by atoms with Gasteiger partial charge in [0.15, 0.2) is 5.71 Å². The van der Waals surface area contributed by atoms with Gasteiger partial charge in [0, 0.05) is 5.56 Å². The summed E-state index contributed by atoms with van der Waals surface area (Å²) in [7, 11) is 1.43. The van der Waals surface area contributed by atoms with Crippen molar-refractivity contribution in [1.29, 1.82) is 5.26 Å². The topological polar surface area (TPSA) is 54.6 Å². The van der Waals surface area contributed by atoms with E-state index in [0.29, 0.717) is 12.5 Å². The molecule has 0 saturated carbocycles. The first-order valence-corrected chi connectivity index (χ1v) is 8.01. The Hall–Kier alpha value is -2.80. The summed E-state index contributed by atoms with van der Waals surface area (Å²) in [4.78, 5) is 4.74. The van der Waals surface area contributed by atoms with Gasteiger partial charge in [0.1, 0.15) is 25.5 Å². The smallest absolute Gasteiger partial charge is 0.187 e. The highest BCUT2D eigenvalue weighted by Crippen LogP contribution is 2.22. The average molecular weight is 322 g/mol. The van der Waals surface area contributed by atoms with Crippen molar-refractivity contribution in [2.75, 3.05) is 7.11 Å². The number of rotatable bonds is 7. The van der Waals surface area contributed by atoms with Crippen molar-refractivity contribution in [2.24, 2.45) is 5.16 Å². The van der Waals surface area contributed by atoms with Crippen LogP contribution in [0.4, 0.5) is 0 Å². The summed E-state index contributed by atoms with van der Waals surface area (Å²) < 4.78 is 5.87. The number of nitrogens with zero attached hydrogens (tertiary/aromatic N) is 2. The Balaban J connectivity index is 2.13. The van der Waals surface area contributed by atoms with Crippen molar-refractivity contribution in [3.63, 3.8) is 0 Å². The van der Waals surface area contributed by atoms with Gasteiger partial charge in [0.2, 0.25) is 0 Å². The van der Waals surface area contributed by atoms with Crippen molar-refractivity contribution in [3.05, 3.63) is 65.2 Å². The molecule has 2 rings (SSSR count). The number of nitriles is 1. The Morgan fingerprint density at radius 2 is 1.88 bits per heavy atom. The molecular formula is C20H22N2O2. The minimum absolute atomic E-state index is 0.240. The van der Waals surface area contributed by atoms with Gasteiger partial charge < -0.3 is 9.57 Å². The molecule has 0 fully saturated rings. The first kappa shape index (κ1) is 17.6. The van der Waals surface area contributed by atoms with E-state index in [-0.39, 0.29) is 5.71 Å². The summed E-state index contributed by atoms with van der Waals surface area (Å²) in [6.07, 6.45) is 1.11. The molecule has 0 bridgehead atoms. The molecule has 0 aliphatic heterocycles. The van der Waals surface area contributed by atoms with E-state index >= 15 is 0 Å². The van der Waals surface area contributed by atoms with Crippen molar-refractivity contribution in [2.45, 2.75) is 32.8 Å². The van der Waals surface area contributed by atoms with Crippen LogP contribution in [0.1, 0.15) is 42.9 Å². The third-order valence-corrected chi connectivity index (χ3v) is 4.02. The number of benzene rings is 2. The van der Waals surface area contributed by atoms with E-state index in [1.165, 1.54) is 12.7 Å². The molecule has 2 aromatic carbocycles. The van der Waals surface area contributed by atoms with Crippen molar-refractivity contribution in [3.8, 4) is 11.8 Å². The maximum Gasteiger partial charge on any atom is 0.187 e. The minimum atomic E-state index is 0.240. The highest BCUT2D eigenvalue weighted by atomic mass is 16.6. The van der Waals surface area contributed by atoms with Gasteiger partial charge in [0.25, 0.3) is 0 Å². The van der Waals surface area contributed by atoms with E-state index in [1.807, 2.05) is 36.4 Å². The molecule has 0 spiro atoms. The Bertz CT molecular complexity index is 730. The zero-order valence-corrected chi connectivity index (χ0v) is 14.3. The maximum absolute atomic E-state index is 9.22. The van der Waals surface area contributed by atoms with E-state index in [4.69, 9.17) is 9.57 Å². The highest BCUT2D eigenvalue weighted by molar-refractivity contribution is 6.12. The van der Waals surface area contributed by atoms with Crippen molar-refractivity contribution in [1.82, 2.24) is 0 Å². The van der Waals surface area contributed by atoms with Crippen LogP contribution in [-0.2, 0) is 11.4 Å².